The standard InChI is InChI=1S/C30H36N6O3/c1-19-6-4-5-7-24(19)17-25-20(2)32-29-26(18-31-36(29)21(25)3)30(37)35-12-8-22(9-13-35)16-27-33-28(34-39-27)23-10-14-38-15-11-23/h4-7,18,22-23H,8-17H2,1-3H3. The van der Waals surface area contributed by atoms with Crippen LogP contribution in [0.2, 0.25) is 0 Å². The van der Waals surface area contributed by atoms with Crippen LogP contribution in [0.4, 0.5) is 0 Å². The molecule has 9 heteroatoms. The summed E-state index contributed by atoms with van der Waals surface area (Å²) in [6.45, 7) is 9.14. The van der Waals surface area contributed by atoms with Crippen molar-refractivity contribution >= 4 is 11.6 Å². The molecule has 9 nitrogen and oxygen atoms in total. The number of piperidine rings is 1. The van der Waals surface area contributed by atoms with Gasteiger partial charge < -0.3 is 14.2 Å². The predicted octanol–water partition coefficient (Wildman–Crippen LogP) is 4.62. The Morgan fingerprint density at radius 1 is 1.03 bits per heavy atom. The zero-order valence-corrected chi connectivity index (χ0v) is 23.0. The molecule has 0 spiro atoms. The van der Waals surface area contributed by atoms with Crippen LogP contribution < -0.4 is 0 Å². The van der Waals surface area contributed by atoms with E-state index in [1.165, 1.54) is 11.1 Å². The Morgan fingerprint density at radius 3 is 2.56 bits per heavy atom. The molecule has 0 radical (unpaired) electrons. The Morgan fingerprint density at radius 2 is 1.79 bits per heavy atom. The molecule has 2 saturated heterocycles. The highest BCUT2D eigenvalue weighted by Crippen LogP contribution is 2.28. The van der Waals surface area contributed by atoms with Crippen molar-refractivity contribution in [2.45, 2.75) is 65.2 Å². The molecule has 0 aliphatic carbocycles. The van der Waals surface area contributed by atoms with Crippen molar-refractivity contribution in [3.8, 4) is 0 Å². The van der Waals surface area contributed by atoms with Gasteiger partial charge in [-0.1, -0.05) is 29.4 Å². The summed E-state index contributed by atoms with van der Waals surface area (Å²) >= 11 is 0. The first-order valence-corrected chi connectivity index (χ1v) is 14.1. The summed E-state index contributed by atoms with van der Waals surface area (Å²) in [5.41, 5.74) is 6.86. The second-order valence-electron chi connectivity index (χ2n) is 11.0. The number of ether oxygens (including phenoxy) is 1. The smallest absolute Gasteiger partial charge is 0.259 e. The van der Waals surface area contributed by atoms with Crippen molar-refractivity contribution in [1.82, 2.24) is 29.6 Å². The quantitative estimate of drug-likeness (QED) is 0.360. The molecule has 2 aliphatic rings. The molecule has 0 atom stereocenters. The highest BCUT2D eigenvalue weighted by Gasteiger charge is 2.29. The number of benzene rings is 1. The van der Waals surface area contributed by atoms with E-state index in [9.17, 15) is 4.79 Å². The topological polar surface area (TPSA) is 98.7 Å². The fourth-order valence-electron chi connectivity index (χ4n) is 5.95. The molecule has 5 heterocycles. The van der Waals surface area contributed by atoms with Gasteiger partial charge in [0.2, 0.25) is 5.89 Å². The van der Waals surface area contributed by atoms with E-state index < -0.39 is 0 Å². The number of fused-ring (bicyclic) bond motifs is 1. The normalized spacial score (nSPS) is 17.3. The third-order valence-electron chi connectivity index (χ3n) is 8.50. The summed E-state index contributed by atoms with van der Waals surface area (Å²) < 4.78 is 12.8. The van der Waals surface area contributed by atoms with Crippen LogP contribution in [0, 0.1) is 26.7 Å². The van der Waals surface area contributed by atoms with Crippen LogP contribution in [0.1, 0.15) is 81.8 Å². The molecule has 0 unspecified atom stereocenters. The van der Waals surface area contributed by atoms with Crippen molar-refractivity contribution in [1.29, 1.82) is 0 Å². The number of nitrogens with zero attached hydrogens (tertiary/aromatic N) is 6. The van der Waals surface area contributed by atoms with Gasteiger partial charge in [-0.25, -0.2) is 9.50 Å². The lowest BCUT2D eigenvalue weighted by molar-refractivity contribution is 0.0689. The van der Waals surface area contributed by atoms with Crippen LogP contribution in [-0.4, -0.2) is 61.8 Å². The lowest BCUT2D eigenvalue weighted by Gasteiger charge is -2.31. The average Bonchev–Trinajstić information content (AvgIpc) is 3.60. The first-order valence-electron chi connectivity index (χ1n) is 14.1. The van der Waals surface area contributed by atoms with E-state index in [1.807, 2.05) is 16.3 Å². The first-order chi connectivity index (χ1) is 19.0. The molecule has 39 heavy (non-hydrogen) atoms. The first kappa shape index (κ1) is 25.7. The van der Waals surface area contributed by atoms with Gasteiger partial charge in [-0.2, -0.15) is 10.1 Å². The SMILES string of the molecule is Cc1ccccc1Cc1c(C)nc2c(C(=O)N3CCC(Cc4nc(C5CCOCC5)no4)CC3)cnn2c1C. The van der Waals surface area contributed by atoms with Crippen molar-refractivity contribution in [3.05, 3.63) is 75.8 Å². The molecular weight excluding hydrogens is 492 g/mol. The molecule has 2 fully saturated rings. The molecule has 4 aromatic rings. The number of hydrogen-bond donors (Lipinski definition) is 0. The van der Waals surface area contributed by atoms with Gasteiger partial charge >= 0.3 is 0 Å². The van der Waals surface area contributed by atoms with Crippen LogP contribution in [-0.2, 0) is 17.6 Å². The van der Waals surface area contributed by atoms with E-state index >= 15 is 0 Å². The zero-order chi connectivity index (χ0) is 26.9. The fraction of sp³-hybridized carbons (Fsp3) is 0.500. The van der Waals surface area contributed by atoms with E-state index in [4.69, 9.17) is 14.2 Å². The minimum atomic E-state index is 0.000924. The van der Waals surface area contributed by atoms with Gasteiger partial charge in [0, 0.05) is 56.5 Å². The van der Waals surface area contributed by atoms with Gasteiger partial charge in [0.25, 0.3) is 5.91 Å². The van der Waals surface area contributed by atoms with E-state index in [2.05, 4.69) is 53.4 Å². The monoisotopic (exact) mass is 528 g/mol. The van der Waals surface area contributed by atoms with E-state index in [0.29, 0.717) is 42.0 Å². The number of rotatable bonds is 6. The third kappa shape index (κ3) is 5.20. The number of aryl methyl sites for hydroxylation is 3. The van der Waals surface area contributed by atoms with Gasteiger partial charge in [0.15, 0.2) is 11.5 Å². The van der Waals surface area contributed by atoms with Crippen LogP contribution in [0.15, 0.2) is 35.0 Å². The summed E-state index contributed by atoms with van der Waals surface area (Å²) in [4.78, 5) is 25.0. The molecule has 0 saturated carbocycles. The van der Waals surface area contributed by atoms with Crippen LogP contribution in [0.3, 0.4) is 0 Å². The highest BCUT2D eigenvalue weighted by molar-refractivity contribution is 5.99. The molecule has 6 rings (SSSR count). The molecule has 1 amide bonds. The Hall–Kier alpha value is -3.59. The minimum Gasteiger partial charge on any atom is -0.381 e. The molecular formula is C30H36N6O3. The van der Waals surface area contributed by atoms with Crippen LogP contribution in [0.5, 0.6) is 0 Å². The van der Waals surface area contributed by atoms with Gasteiger partial charge in [0.1, 0.15) is 5.56 Å². The van der Waals surface area contributed by atoms with Crippen LogP contribution >= 0.6 is 0 Å². The number of carbonyl (C=O) groups excluding carboxylic acids is 1. The Labute approximate surface area is 228 Å². The third-order valence-corrected chi connectivity index (χ3v) is 8.50. The minimum absolute atomic E-state index is 0.000924. The second-order valence-corrected chi connectivity index (χ2v) is 11.0. The Bertz CT molecular complexity index is 1480. The van der Waals surface area contributed by atoms with Crippen molar-refractivity contribution < 1.29 is 14.1 Å². The maximum atomic E-state index is 13.5. The van der Waals surface area contributed by atoms with E-state index in [0.717, 1.165) is 74.5 Å². The largest absolute Gasteiger partial charge is 0.381 e. The van der Waals surface area contributed by atoms with Crippen molar-refractivity contribution in [2.24, 2.45) is 5.92 Å². The summed E-state index contributed by atoms with van der Waals surface area (Å²) in [7, 11) is 0. The molecule has 204 valence electrons. The zero-order valence-electron chi connectivity index (χ0n) is 23.0. The Balaban J connectivity index is 1.11. The average molecular weight is 529 g/mol. The highest BCUT2D eigenvalue weighted by atomic mass is 16.5. The summed E-state index contributed by atoms with van der Waals surface area (Å²) in [6, 6.07) is 8.42. The van der Waals surface area contributed by atoms with Crippen LogP contribution in [0.25, 0.3) is 5.65 Å². The number of amides is 1. The summed E-state index contributed by atoms with van der Waals surface area (Å²) in [5, 5.41) is 8.82. The molecule has 0 bridgehead atoms. The van der Waals surface area contributed by atoms with E-state index in [1.54, 1.807) is 6.20 Å². The summed E-state index contributed by atoms with van der Waals surface area (Å²) in [5.74, 6) is 2.28. The summed E-state index contributed by atoms with van der Waals surface area (Å²) in [6.07, 6.45) is 6.95. The number of likely N-dealkylation sites (tertiary alicyclic amines) is 1. The van der Waals surface area contributed by atoms with Crippen molar-refractivity contribution in [3.63, 3.8) is 0 Å². The lowest BCUT2D eigenvalue weighted by atomic mass is 9.93. The number of aromatic nitrogens is 5. The maximum absolute atomic E-state index is 13.5. The lowest BCUT2D eigenvalue weighted by Crippen LogP contribution is -2.39. The predicted molar refractivity (Wildman–Crippen MR) is 146 cm³/mol. The molecule has 2 aliphatic heterocycles. The van der Waals surface area contributed by atoms with Gasteiger partial charge in [0.05, 0.1) is 6.20 Å². The maximum Gasteiger partial charge on any atom is 0.259 e. The second kappa shape index (κ2) is 10.9. The number of carbonyl (C=O) groups is 1. The van der Waals surface area contributed by atoms with Gasteiger partial charge in [-0.05, 0) is 69.1 Å². The van der Waals surface area contributed by atoms with Gasteiger partial charge in [-0.15, -0.1) is 0 Å². The Kier molecular flexibility index (Phi) is 7.16. The molecule has 3 aromatic heterocycles. The molecule has 0 N–H and O–H groups in total. The molecule has 1 aromatic carbocycles. The van der Waals surface area contributed by atoms with Gasteiger partial charge in [-0.3, -0.25) is 4.79 Å². The van der Waals surface area contributed by atoms with E-state index in [-0.39, 0.29) is 5.91 Å². The fourth-order valence-corrected chi connectivity index (χ4v) is 5.95. The van der Waals surface area contributed by atoms with Crippen molar-refractivity contribution in [2.75, 3.05) is 26.3 Å². The number of hydrogen-bond acceptors (Lipinski definition) is 7.